The fourth-order valence-electron chi connectivity index (χ4n) is 4.91. The van der Waals surface area contributed by atoms with Gasteiger partial charge in [-0.3, -0.25) is 14.4 Å². The second kappa shape index (κ2) is 13.5. The second-order valence-electron chi connectivity index (χ2n) is 10.4. The molecule has 1 aromatic heterocycles. The highest BCUT2D eigenvalue weighted by molar-refractivity contribution is 6.31. The summed E-state index contributed by atoms with van der Waals surface area (Å²) in [7, 11) is 0. The fourth-order valence-corrected chi connectivity index (χ4v) is 5.08. The molecule has 2 aromatic carbocycles. The van der Waals surface area contributed by atoms with Crippen LogP contribution in [0.5, 0.6) is 5.75 Å². The number of carbonyl (C=O) groups excluding carboxylic acids is 3. The lowest BCUT2D eigenvalue weighted by Crippen LogP contribution is -2.47. The van der Waals surface area contributed by atoms with Crippen LogP contribution in [0.25, 0.3) is 10.9 Å². The van der Waals surface area contributed by atoms with Gasteiger partial charge in [-0.1, -0.05) is 43.6 Å². The first-order chi connectivity index (χ1) is 18.8. The lowest BCUT2D eigenvalue weighted by atomic mass is 10.0. The lowest BCUT2D eigenvalue weighted by Gasteiger charge is -2.25. The van der Waals surface area contributed by atoms with Gasteiger partial charge in [0.05, 0.1) is 18.2 Å². The Morgan fingerprint density at radius 1 is 1.13 bits per heavy atom. The Kier molecular flexibility index (Phi) is 9.87. The van der Waals surface area contributed by atoms with Gasteiger partial charge >= 0.3 is 0 Å². The van der Waals surface area contributed by atoms with Gasteiger partial charge in [0.25, 0.3) is 5.91 Å². The van der Waals surface area contributed by atoms with Crippen LogP contribution >= 0.6 is 11.6 Å². The van der Waals surface area contributed by atoms with Crippen molar-refractivity contribution in [1.29, 1.82) is 0 Å². The van der Waals surface area contributed by atoms with E-state index in [0.29, 0.717) is 61.2 Å². The Labute approximate surface area is 234 Å². The van der Waals surface area contributed by atoms with Gasteiger partial charge in [0.1, 0.15) is 12.4 Å². The van der Waals surface area contributed by atoms with E-state index in [0.717, 1.165) is 10.9 Å². The van der Waals surface area contributed by atoms with E-state index in [1.165, 1.54) is 0 Å². The smallest absolute Gasteiger partial charge is 0.255 e. The molecule has 2 heterocycles. The molecule has 0 bridgehead atoms. The van der Waals surface area contributed by atoms with Gasteiger partial charge in [0, 0.05) is 42.8 Å². The van der Waals surface area contributed by atoms with Gasteiger partial charge < -0.3 is 24.8 Å². The van der Waals surface area contributed by atoms with Gasteiger partial charge in [-0.25, -0.2) is 0 Å². The molecule has 1 atom stereocenters. The Balaban J connectivity index is 1.47. The summed E-state index contributed by atoms with van der Waals surface area (Å²) in [6.07, 6.45) is 4.28. The minimum Gasteiger partial charge on any atom is -0.491 e. The number of halogens is 1. The normalized spacial score (nSPS) is 17.5. The van der Waals surface area contributed by atoms with Gasteiger partial charge in [0.2, 0.25) is 11.8 Å². The molecule has 4 rings (SSSR count). The predicted octanol–water partition coefficient (Wildman–Crippen LogP) is 4.65. The topological polar surface area (TPSA) is 92.7 Å². The monoisotopic (exact) mass is 552 g/mol. The maximum Gasteiger partial charge on any atom is 0.255 e. The summed E-state index contributed by atoms with van der Waals surface area (Å²) in [6.45, 7) is 5.73. The summed E-state index contributed by atoms with van der Waals surface area (Å²) in [4.78, 5) is 40.9. The SMILES string of the molecule is CC(C)C[C@H]1COc2ccc(Cl)cc2C(=O)NCCCCN(C(=O)CCn2ccc3ccccc32)CC(=O)N1. The maximum atomic E-state index is 13.3. The number of aromatic nitrogens is 1. The van der Waals surface area contributed by atoms with Crippen molar-refractivity contribution in [2.45, 2.75) is 52.1 Å². The van der Waals surface area contributed by atoms with Gasteiger partial charge in [0.15, 0.2) is 0 Å². The van der Waals surface area contributed by atoms with Crippen LogP contribution in [0.3, 0.4) is 0 Å². The number of hydrogen-bond acceptors (Lipinski definition) is 4. The minimum atomic E-state index is -0.280. The number of nitrogens with one attached hydrogen (secondary N) is 2. The van der Waals surface area contributed by atoms with Crippen LogP contribution in [0, 0.1) is 5.92 Å². The molecule has 1 aliphatic rings. The van der Waals surface area contributed by atoms with E-state index >= 15 is 0 Å². The number of carbonyl (C=O) groups is 3. The third-order valence-corrected chi connectivity index (χ3v) is 7.06. The van der Waals surface area contributed by atoms with Crippen molar-refractivity contribution in [3.8, 4) is 5.75 Å². The number of ether oxygens (including phenoxy) is 1. The van der Waals surface area contributed by atoms with Crippen LogP contribution in [0.4, 0.5) is 0 Å². The highest BCUT2D eigenvalue weighted by Crippen LogP contribution is 2.24. The van der Waals surface area contributed by atoms with Crippen LogP contribution in [0.15, 0.2) is 54.7 Å². The van der Waals surface area contributed by atoms with Crippen LogP contribution in [-0.4, -0.2) is 59.5 Å². The number of benzene rings is 2. The molecular weight excluding hydrogens is 516 g/mol. The van der Waals surface area contributed by atoms with E-state index in [9.17, 15) is 14.4 Å². The van der Waals surface area contributed by atoms with Crippen molar-refractivity contribution in [2.75, 3.05) is 26.2 Å². The number of para-hydroxylation sites is 1. The zero-order valence-corrected chi connectivity index (χ0v) is 23.4. The van der Waals surface area contributed by atoms with Crippen molar-refractivity contribution in [2.24, 2.45) is 5.92 Å². The third-order valence-electron chi connectivity index (χ3n) is 6.82. The van der Waals surface area contributed by atoms with Crippen LogP contribution in [0.1, 0.15) is 49.9 Å². The molecule has 208 valence electrons. The van der Waals surface area contributed by atoms with E-state index < -0.39 is 0 Å². The molecule has 0 fully saturated rings. The molecule has 0 unspecified atom stereocenters. The summed E-state index contributed by atoms with van der Waals surface area (Å²) < 4.78 is 8.09. The molecule has 0 saturated heterocycles. The number of rotatable bonds is 5. The van der Waals surface area contributed by atoms with Gasteiger partial charge in [-0.2, -0.15) is 0 Å². The molecular formula is C30H37ClN4O4. The second-order valence-corrected chi connectivity index (χ2v) is 10.9. The summed E-state index contributed by atoms with van der Waals surface area (Å²) in [5.41, 5.74) is 1.44. The zero-order valence-electron chi connectivity index (χ0n) is 22.6. The minimum absolute atomic E-state index is 0.0155. The van der Waals surface area contributed by atoms with Crippen molar-refractivity contribution in [3.63, 3.8) is 0 Å². The standard InChI is InChI=1S/C30H37ClN4O4/c1-21(2)17-24-20-39-27-10-9-23(31)18-25(27)30(38)32-13-5-6-14-35(19-28(36)33-24)29(37)12-16-34-15-11-22-7-3-4-8-26(22)34/h3-4,7-11,15,18,21,24H,5-6,12-14,16-17,19-20H2,1-2H3,(H,32,38)(H,33,36)/t24-/m0/s1. The molecule has 39 heavy (non-hydrogen) atoms. The van der Waals surface area contributed by atoms with Gasteiger partial charge in [-0.05, 0) is 60.9 Å². The number of hydrogen-bond donors (Lipinski definition) is 2. The van der Waals surface area contributed by atoms with E-state index in [1.54, 1.807) is 23.1 Å². The molecule has 0 radical (unpaired) electrons. The van der Waals surface area contributed by atoms with Gasteiger partial charge in [-0.15, -0.1) is 0 Å². The summed E-state index contributed by atoms with van der Waals surface area (Å²) in [6, 6.07) is 14.8. The summed E-state index contributed by atoms with van der Waals surface area (Å²) in [5, 5.41) is 7.56. The Morgan fingerprint density at radius 3 is 2.77 bits per heavy atom. The average Bonchev–Trinajstić information content (AvgIpc) is 3.32. The first-order valence-corrected chi connectivity index (χ1v) is 14.0. The van der Waals surface area contributed by atoms with E-state index in [-0.39, 0.29) is 43.3 Å². The number of fused-ring (bicyclic) bond motifs is 2. The molecule has 9 heteroatoms. The zero-order chi connectivity index (χ0) is 27.8. The van der Waals surface area contributed by atoms with Crippen LogP contribution < -0.4 is 15.4 Å². The molecule has 3 aromatic rings. The number of nitrogens with zero attached hydrogens (tertiary/aromatic N) is 2. The highest BCUT2D eigenvalue weighted by Gasteiger charge is 2.22. The number of aryl methyl sites for hydroxylation is 1. The Morgan fingerprint density at radius 2 is 1.95 bits per heavy atom. The fraction of sp³-hybridized carbons (Fsp3) is 0.433. The van der Waals surface area contributed by atoms with Crippen LogP contribution in [0.2, 0.25) is 5.02 Å². The lowest BCUT2D eigenvalue weighted by molar-refractivity contribution is -0.136. The molecule has 8 nitrogen and oxygen atoms in total. The highest BCUT2D eigenvalue weighted by atomic mass is 35.5. The van der Waals surface area contributed by atoms with E-state index in [4.69, 9.17) is 16.3 Å². The maximum absolute atomic E-state index is 13.3. The Bertz CT molecular complexity index is 1310. The first kappa shape index (κ1) is 28.5. The predicted molar refractivity (Wildman–Crippen MR) is 153 cm³/mol. The van der Waals surface area contributed by atoms with Crippen molar-refractivity contribution in [1.82, 2.24) is 20.1 Å². The largest absolute Gasteiger partial charge is 0.491 e. The molecule has 1 aliphatic heterocycles. The van der Waals surface area contributed by atoms with Crippen molar-refractivity contribution < 1.29 is 19.1 Å². The first-order valence-electron chi connectivity index (χ1n) is 13.6. The van der Waals surface area contributed by atoms with Crippen molar-refractivity contribution >= 4 is 40.2 Å². The van der Waals surface area contributed by atoms with E-state index in [2.05, 4.69) is 29.0 Å². The van der Waals surface area contributed by atoms with Crippen molar-refractivity contribution in [3.05, 3.63) is 65.3 Å². The summed E-state index contributed by atoms with van der Waals surface area (Å²) >= 11 is 6.15. The molecule has 3 amide bonds. The summed E-state index contributed by atoms with van der Waals surface area (Å²) in [5.74, 6) is 0.172. The Hall–Kier alpha value is -3.52. The molecule has 2 N–H and O–H groups in total. The number of amides is 3. The van der Waals surface area contributed by atoms with E-state index in [1.807, 2.05) is 36.5 Å². The molecule has 0 saturated carbocycles. The average molecular weight is 553 g/mol. The van der Waals surface area contributed by atoms with Crippen LogP contribution in [-0.2, 0) is 16.1 Å². The quantitative estimate of drug-likeness (QED) is 0.482. The molecule has 0 spiro atoms. The molecule has 0 aliphatic carbocycles. The third kappa shape index (κ3) is 7.99.